The zero-order chi connectivity index (χ0) is 19.9. The fourth-order valence-corrected chi connectivity index (χ4v) is 3.90. The molecule has 0 saturated carbocycles. The standard InChI is InChI=1S/C20H24FN5OS/c1-2-8-26(17-6-7-23-12-17)20(27)18-13-28-19(25-18)14(10-22)11-24-16-5-3-4-15(21)9-16/h3-5,9-11,13,17,23H,2,6-8,12,22H2,1H3/b14-10+,24-11?/t17-/m0/s1. The van der Waals surface area contributed by atoms with Crippen LogP contribution in [-0.2, 0) is 0 Å². The van der Waals surface area contributed by atoms with E-state index in [0.717, 1.165) is 25.9 Å². The van der Waals surface area contributed by atoms with Gasteiger partial charge in [-0.1, -0.05) is 13.0 Å². The Morgan fingerprint density at radius 1 is 1.54 bits per heavy atom. The monoisotopic (exact) mass is 401 g/mol. The average Bonchev–Trinajstić information content (AvgIpc) is 3.38. The predicted octanol–water partition coefficient (Wildman–Crippen LogP) is 3.20. The minimum Gasteiger partial charge on any atom is -0.404 e. The molecule has 3 rings (SSSR count). The molecular weight excluding hydrogens is 377 g/mol. The van der Waals surface area contributed by atoms with Crippen molar-refractivity contribution in [1.29, 1.82) is 0 Å². The van der Waals surface area contributed by atoms with Crippen molar-refractivity contribution in [2.24, 2.45) is 10.7 Å². The van der Waals surface area contributed by atoms with Crippen molar-refractivity contribution in [3.63, 3.8) is 0 Å². The van der Waals surface area contributed by atoms with Gasteiger partial charge in [-0.15, -0.1) is 11.3 Å². The molecule has 1 aliphatic rings. The van der Waals surface area contributed by atoms with Crippen LogP contribution in [0.1, 0.15) is 35.3 Å². The molecule has 1 aromatic carbocycles. The molecule has 8 heteroatoms. The number of amides is 1. The van der Waals surface area contributed by atoms with Crippen molar-refractivity contribution < 1.29 is 9.18 Å². The van der Waals surface area contributed by atoms with Gasteiger partial charge in [-0.25, -0.2) is 9.37 Å². The van der Waals surface area contributed by atoms with Gasteiger partial charge in [-0.05, 0) is 37.6 Å². The topological polar surface area (TPSA) is 83.6 Å². The number of carbonyl (C=O) groups is 1. The summed E-state index contributed by atoms with van der Waals surface area (Å²) in [7, 11) is 0. The van der Waals surface area contributed by atoms with Gasteiger partial charge in [0.1, 0.15) is 16.5 Å². The van der Waals surface area contributed by atoms with Crippen LogP contribution in [0, 0.1) is 5.82 Å². The third-order valence-corrected chi connectivity index (χ3v) is 5.40. The van der Waals surface area contributed by atoms with Gasteiger partial charge in [0.15, 0.2) is 0 Å². The second-order valence-electron chi connectivity index (χ2n) is 6.54. The van der Waals surface area contributed by atoms with E-state index < -0.39 is 0 Å². The molecule has 6 nitrogen and oxygen atoms in total. The Morgan fingerprint density at radius 3 is 3.07 bits per heavy atom. The SMILES string of the molecule is CCCN(C(=O)c1csc(/C(C=Nc2cccc(F)c2)=C/N)n1)[C@H]1CCNC1. The highest BCUT2D eigenvalue weighted by Crippen LogP contribution is 2.22. The van der Waals surface area contributed by atoms with E-state index in [-0.39, 0.29) is 17.8 Å². The van der Waals surface area contributed by atoms with E-state index in [9.17, 15) is 9.18 Å². The molecule has 28 heavy (non-hydrogen) atoms. The van der Waals surface area contributed by atoms with E-state index in [0.29, 0.717) is 28.5 Å². The third kappa shape index (κ3) is 4.82. The van der Waals surface area contributed by atoms with Crippen LogP contribution >= 0.6 is 11.3 Å². The summed E-state index contributed by atoms with van der Waals surface area (Å²) in [5.74, 6) is -0.413. The first-order valence-corrected chi connectivity index (χ1v) is 10.2. The molecule has 1 aromatic heterocycles. The van der Waals surface area contributed by atoms with E-state index in [2.05, 4.69) is 22.2 Å². The number of nitrogens with zero attached hydrogens (tertiary/aromatic N) is 3. The van der Waals surface area contributed by atoms with Crippen molar-refractivity contribution in [2.75, 3.05) is 19.6 Å². The predicted molar refractivity (Wildman–Crippen MR) is 111 cm³/mol. The number of allylic oxidation sites excluding steroid dienone is 1. The van der Waals surface area contributed by atoms with Crippen LogP contribution < -0.4 is 11.1 Å². The summed E-state index contributed by atoms with van der Waals surface area (Å²) in [6, 6.07) is 6.19. The van der Waals surface area contributed by atoms with Gasteiger partial charge in [0.05, 0.1) is 5.69 Å². The fourth-order valence-electron chi connectivity index (χ4n) is 3.12. The lowest BCUT2D eigenvalue weighted by atomic mass is 10.2. The Morgan fingerprint density at radius 2 is 2.39 bits per heavy atom. The molecule has 0 unspecified atom stereocenters. The first kappa shape index (κ1) is 20.2. The molecule has 0 spiro atoms. The molecule has 2 heterocycles. The molecule has 1 saturated heterocycles. The second kappa shape index (κ2) is 9.57. The molecule has 148 valence electrons. The summed E-state index contributed by atoms with van der Waals surface area (Å²) in [5, 5.41) is 5.66. The number of thiazole rings is 1. The maximum Gasteiger partial charge on any atom is 0.273 e. The lowest BCUT2D eigenvalue weighted by molar-refractivity contribution is 0.0687. The zero-order valence-corrected chi connectivity index (χ0v) is 16.6. The highest BCUT2D eigenvalue weighted by atomic mass is 32.1. The van der Waals surface area contributed by atoms with Crippen LogP contribution in [0.4, 0.5) is 10.1 Å². The Balaban J connectivity index is 1.76. The molecule has 3 N–H and O–H groups in total. The van der Waals surface area contributed by atoms with Crippen molar-refractivity contribution in [3.8, 4) is 0 Å². The van der Waals surface area contributed by atoms with Gasteiger partial charge < -0.3 is 16.0 Å². The largest absolute Gasteiger partial charge is 0.404 e. The number of aromatic nitrogens is 1. The smallest absolute Gasteiger partial charge is 0.273 e. The highest BCUT2D eigenvalue weighted by Gasteiger charge is 2.28. The highest BCUT2D eigenvalue weighted by molar-refractivity contribution is 7.11. The summed E-state index contributed by atoms with van der Waals surface area (Å²) in [5.41, 5.74) is 7.21. The van der Waals surface area contributed by atoms with E-state index in [1.807, 2.05) is 4.90 Å². The molecule has 1 atom stereocenters. The van der Waals surface area contributed by atoms with E-state index in [1.54, 1.807) is 17.5 Å². The zero-order valence-electron chi connectivity index (χ0n) is 15.8. The van der Waals surface area contributed by atoms with Crippen molar-refractivity contribution in [1.82, 2.24) is 15.2 Å². The van der Waals surface area contributed by atoms with Gasteiger partial charge in [0.2, 0.25) is 0 Å². The Hall–Kier alpha value is -2.58. The van der Waals surface area contributed by atoms with E-state index >= 15 is 0 Å². The van der Waals surface area contributed by atoms with Crippen LogP contribution in [-0.4, -0.2) is 47.7 Å². The molecule has 0 bridgehead atoms. The number of carbonyl (C=O) groups excluding carboxylic acids is 1. The molecular formula is C20H24FN5OS. The van der Waals surface area contributed by atoms with Crippen molar-refractivity contribution in [2.45, 2.75) is 25.8 Å². The molecule has 0 aliphatic carbocycles. The Bertz CT molecular complexity index is 873. The number of hydrogen-bond acceptors (Lipinski definition) is 6. The first-order valence-electron chi connectivity index (χ1n) is 9.31. The van der Waals surface area contributed by atoms with Crippen LogP contribution in [0.2, 0.25) is 0 Å². The van der Waals surface area contributed by atoms with Gasteiger partial charge in [-0.3, -0.25) is 9.79 Å². The van der Waals surface area contributed by atoms with Crippen LogP contribution in [0.15, 0.2) is 40.8 Å². The normalized spacial score (nSPS) is 17.4. The maximum atomic E-state index is 13.3. The summed E-state index contributed by atoms with van der Waals surface area (Å²) < 4.78 is 13.3. The summed E-state index contributed by atoms with van der Waals surface area (Å²) in [6.07, 6.45) is 4.78. The van der Waals surface area contributed by atoms with Crippen LogP contribution in [0.3, 0.4) is 0 Å². The summed E-state index contributed by atoms with van der Waals surface area (Å²) in [4.78, 5) is 23.6. The number of halogens is 1. The number of hydrogen-bond donors (Lipinski definition) is 2. The first-order chi connectivity index (χ1) is 13.6. The summed E-state index contributed by atoms with van der Waals surface area (Å²) in [6.45, 7) is 4.51. The quantitative estimate of drug-likeness (QED) is 0.698. The molecule has 2 aromatic rings. The summed E-state index contributed by atoms with van der Waals surface area (Å²) >= 11 is 1.34. The second-order valence-corrected chi connectivity index (χ2v) is 7.40. The number of rotatable bonds is 7. The maximum absolute atomic E-state index is 13.3. The average molecular weight is 402 g/mol. The lowest BCUT2D eigenvalue weighted by Gasteiger charge is -2.27. The van der Waals surface area contributed by atoms with Gasteiger partial charge in [0, 0.05) is 42.5 Å². The number of nitrogens with one attached hydrogen (secondary N) is 1. The minimum absolute atomic E-state index is 0.0588. The van der Waals surface area contributed by atoms with E-state index in [4.69, 9.17) is 5.73 Å². The van der Waals surface area contributed by atoms with Crippen LogP contribution in [0.25, 0.3) is 5.57 Å². The van der Waals surface area contributed by atoms with Crippen molar-refractivity contribution in [3.05, 3.63) is 52.4 Å². The van der Waals surface area contributed by atoms with Gasteiger partial charge >= 0.3 is 0 Å². The van der Waals surface area contributed by atoms with Gasteiger partial charge in [0.25, 0.3) is 5.91 Å². The van der Waals surface area contributed by atoms with Crippen molar-refractivity contribution >= 4 is 34.7 Å². The lowest BCUT2D eigenvalue weighted by Crippen LogP contribution is -2.42. The van der Waals surface area contributed by atoms with Gasteiger partial charge in [-0.2, -0.15) is 0 Å². The minimum atomic E-state index is -0.354. The molecule has 1 fully saturated rings. The third-order valence-electron chi connectivity index (χ3n) is 4.51. The Kier molecular flexibility index (Phi) is 6.89. The molecule has 0 radical (unpaired) electrons. The Labute approximate surface area is 168 Å². The van der Waals surface area contributed by atoms with E-state index in [1.165, 1.54) is 35.9 Å². The molecule has 1 aliphatic heterocycles. The number of aliphatic imine (C=N–C) groups is 1. The van der Waals surface area contributed by atoms with Crippen LogP contribution in [0.5, 0.6) is 0 Å². The molecule has 1 amide bonds. The fraction of sp³-hybridized carbons (Fsp3) is 0.350. The number of benzene rings is 1. The number of nitrogens with two attached hydrogens (primary N) is 1.